The summed E-state index contributed by atoms with van der Waals surface area (Å²) in [5.74, 6) is 0.609. The minimum Gasteiger partial charge on any atom is -0.492 e. The number of sulfone groups is 1. The molecule has 0 atom stereocenters. The molecule has 2 aromatic rings. The second-order valence-corrected chi connectivity index (χ2v) is 8.77. The van der Waals surface area contributed by atoms with Crippen LogP contribution in [-0.4, -0.2) is 52.2 Å². The lowest BCUT2D eigenvalue weighted by molar-refractivity contribution is -0.117. The number of carbonyl (C=O) groups is 1. The first-order valence-corrected chi connectivity index (χ1v) is 10.5. The molecule has 1 amide bonds. The summed E-state index contributed by atoms with van der Waals surface area (Å²) in [5.41, 5.74) is 2.76. The smallest absolute Gasteiger partial charge is 0.238 e. The van der Waals surface area contributed by atoms with Crippen molar-refractivity contribution in [3.8, 4) is 5.75 Å². The first-order valence-electron chi connectivity index (χ1n) is 8.63. The molecule has 2 aromatic carbocycles. The van der Waals surface area contributed by atoms with E-state index >= 15 is 0 Å². The molecule has 0 aromatic heterocycles. The van der Waals surface area contributed by atoms with Gasteiger partial charge in [-0.05, 0) is 62.4 Å². The summed E-state index contributed by atoms with van der Waals surface area (Å²) < 4.78 is 28.9. The number of carbonyl (C=O) groups excluding carboxylic acids is 1. The van der Waals surface area contributed by atoms with Crippen LogP contribution in [0, 0.1) is 13.8 Å². The minimum absolute atomic E-state index is 0.176. The molecule has 0 spiro atoms. The Morgan fingerprint density at radius 3 is 2.41 bits per heavy atom. The molecule has 27 heavy (non-hydrogen) atoms. The highest BCUT2D eigenvalue weighted by Gasteiger charge is 2.10. The van der Waals surface area contributed by atoms with Gasteiger partial charge >= 0.3 is 0 Å². The zero-order chi connectivity index (χ0) is 20.0. The van der Waals surface area contributed by atoms with Gasteiger partial charge in [0.05, 0.1) is 11.4 Å². The Labute approximate surface area is 161 Å². The number of likely N-dealkylation sites (N-methyl/N-ethyl adjacent to an activating group) is 1. The molecule has 0 bridgehead atoms. The number of nitrogens with zero attached hydrogens (tertiary/aromatic N) is 1. The topological polar surface area (TPSA) is 75.7 Å². The summed E-state index contributed by atoms with van der Waals surface area (Å²) in [4.78, 5) is 14.2. The molecule has 0 fully saturated rings. The maximum Gasteiger partial charge on any atom is 0.238 e. The molecule has 0 aliphatic rings. The third kappa shape index (κ3) is 7.03. The molecule has 0 saturated carbocycles. The Morgan fingerprint density at radius 1 is 1.11 bits per heavy atom. The second kappa shape index (κ2) is 9.01. The van der Waals surface area contributed by atoms with Gasteiger partial charge < -0.3 is 10.1 Å². The molecule has 1 N–H and O–H groups in total. The van der Waals surface area contributed by atoms with E-state index in [-0.39, 0.29) is 17.3 Å². The summed E-state index contributed by atoms with van der Waals surface area (Å²) in [6.45, 7) is 5.28. The number of aryl methyl sites for hydroxylation is 2. The average molecular weight is 391 g/mol. The molecule has 0 unspecified atom stereocenters. The van der Waals surface area contributed by atoms with Gasteiger partial charge in [0, 0.05) is 18.5 Å². The van der Waals surface area contributed by atoms with Crippen LogP contribution in [-0.2, 0) is 14.6 Å². The van der Waals surface area contributed by atoms with Gasteiger partial charge in [-0.15, -0.1) is 0 Å². The monoisotopic (exact) mass is 390 g/mol. The Hall–Kier alpha value is -2.38. The lowest BCUT2D eigenvalue weighted by atomic mass is 10.1. The average Bonchev–Trinajstić information content (AvgIpc) is 2.53. The molecule has 0 radical (unpaired) electrons. The van der Waals surface area contributed by atoms with E-state index in [1.165, 1.54) is 12.1 Å². The van der Waals surface area contributed by atoms with E-state index in [1.54, 1.807) is 12.1 Å². The van der Waals surface area contributed by atoms with Crippen LogP contribution in [0.2, 0.25) is 0 Å². The molecule has 6 nitrogen and oxygen atoms in total. The Kier molecular flexibility index (Phi) is 6.98. The molecule has 146 valence electrons. The fourth-order valence-corrected chi connectivity index (χ4v) is 3.33. The lowest BCUT2D eigenvalue weighted by Gasteiger charge is -2.17. The lowest BCUT2D eigenvalue weighted by Crippen LogP contribution is -2.33. The van der Waals surface area contributed by atoms with Gasteiger partial charge in [0.25, 0.3) is 0 Å². The van der Waals surface area contributed by atoms with Gasteiger partial charge in [0.1, 0.15) is 12.4 Å². The van der Waals surface area contributed by atoms with Gasteiger partial charge in [-0.2, -0.15) is 0 Å². The number of amides is 1. The van der Waals surface area contributed by atoms with Crippen molar-refractivity contribution in [2.24, 2.45) is 0 Å². The fraction of sp³-hybridized carbons (Fsp3) is 0.350. The maximum absolute atomic E-state index is 12.2. The van der Waals surface area contributed by atoms with E-state index in [1.807, 2.05) is 37.9 Å². The summed E-state index contributed by atoms with van der Waals surface area (Å²) in [6.07, 6.45) is 1.14. The predicted octanol–water partition coefficient (Wildman–Crippen LogP) is 2.66. The predicted molar refractivity (Wildman–Crippen MR) is 107 cm³/mol. The van der Waals surface area contributed by atoms with E-state index in [9.17, 15) is 13.2 Å². The third-order valence-corrected chi connectivity index (χ3v) is 5.01. The van der Waals surface area contributed by atoms with E-state index in [0.29, 0.717) is 18.8 Å². The fourth-order valence-electron chi connectivity index (χ4n) is 2.66. The zero-order valence-corrected chi connectivity index (χ0v) is 17.0. The standard InChI is InChI=1S/C20H26N2O4S/c1-15-10-16(2)12-18(11-15)26-9-8-22(3)14-20(23)21-17-6-5-7-19(13-17)27(4,24)25/h5-7,10-13H,8-9,14H2,1-4H3,(H,21,23). The van der Waals surface area contributed by atoms with Crippen LogP contribution in [0.25, 0.3) is 0 Å². The summed E-state index contributed by atoms with van der Waals surface area (Å²) >= 11 is 0. The van der Waals surface area contributed by atoms with Crippen LogP contribution >= 0.6 is 0 Å². The van der Waals surface area contributed by atoms with E-state index in [2.05, 4.69) is 11.4 Å². The number of hydrogen-bond donors (Lipinski definition) is 1. The van der Waals surface area contributed by atoms with Gasteiger partial charge in [-0.1, -0.05) is 12.1 Å². The van der Waals surface area contributed by atoms with Crippen LogP contribution in [0.1, 0.15) is 11.1 Å². The molecule has 2 rings (SSSR count). The second-order valence-electron chi connectivity index (χ2n) is 6.76. The zero-order valence-electron chi connectivity index (χ0n) is 16.2. The van der Waals surface area contributed by atoms with Crippen molar-refractivity contribution in [2.75, 3.05) is 38.3 Å². The molecule has 0 heterocycles. The molecule has 0 aliphatic heterocycles. The molecular formula is C20H26N2O4S. The highest BCUT2D eigenvalue weighted by atomic mass is 32.2. The summed E-state index contributed by atoms with van der Waals surface area (Å²) in [7, 11) is -1.48. The largest absolute Gasteiger partial charge is 0.492 e. The first-order chi connectivity index (χ1) is 12.6. The van der Waals surface area contributed by atoms with Crippen molar-refractivity contribution >= 4 is 21.4 Å². The van der Waals surface area contributed by atoms with Gasteiger partial charge in [-0.3, -0.25) is 9.69 Å². The SMILES string of the molecule is Cc1cc(C)cc(OCCN(C)CC(=O)Nc2cccc(S(C)(=O)=O)c2)c1. The number of nitrogens with one attached hydrogen (secondary N) is 1. The number of anilines is 1. The third-order valence-electron chi connectivity index (χ3n) is 3.90. The van der Waals surface area contributed by atoms with Crippen molar-refractivity contribution in [3.05, 3.63) is 53.6 Å². The Bertz CT molecular complexity index is 890. The molecular weight excluding hydrogens is 364 g/mol. The highest BCUT2D eigenvalue weighted by Crippen LogP contribution is 2.16. The molecule has 0 aliphatic carbocycles. The van der Waals surface area contributed by atoms with E-state index in [4.69, 9.17) is 4.74 Å². The minimum atomic E-state index is -3.31. The van der Waals surface area contributed by atoms with Crippen molar-refractivity contribution in [2.45, 2.75) is 18.7 Å². The van der Waals surface area contributed by atoms with E-state index in [0.717, 1.165) is 23.1 Å². The maximum atomic E-state index is 12.2. The number of benzene rings is 2. The van der Waals surface area contributed by atoms with Gasteiger partial charge in [-0.25, -0.2) is 8.42 Å². The van der Waals surface area contributed by atoms with E-state index < -0.39 is 9.84 Å². The van der Waals surface area contributed by atoms with Gasteiger partial charge in [0.2, 0.25) is 5.91 Å². The van der Waals surface area contributed by atoms with Crippen molar-refractivity contribution in [1.82, 2.24) is 4.90 Å². The first kappa shape index (κ1) is 20.9. The molecule has 7 heteroatoms. The Balaban J connectivity index is 1.81. The Morgan fingerprint density at radius 2 is 1.78 bits per heavy atom. The normalized spacial score (nSPS) is 11.4. The van der Waals surface area contributed by atoms with Crippen LogP contribution in [0.3, 0.4) is 0 Å². The number of hydrogen-bond acceptors (Lipinski definition) is 5. The van der Waals surface area contributed by atoms with Crippen LogP contribution in [0.4, 0.5) is 5.69 Å². The van der Waals surface area contributed by atoms with Crippen molar-refractivity contribution in [1.29, 1.82) is 0 Å². The van der Waals surface area contributed by atoms with Crippen LogP contribution < -0.4 is 10.1 Å². The highest BCUT2D eigenvalue weighted by molar-refractivity contribution is 7.90. The van der Waals surface area contributed by atoms with Crippen LogP contribution in [0.5, 0.6) is 5.75 Å². The quantitative estimate of drug-likeness (QED) is 0.750. The summed E-state index contributed by atoms with van der Waals surface area (Å²) in [6, 6.07) is 12.3. The number of ether oxygens (including phenoxy) is 1. The summed E-state index contributed by atoms with van der Waals surface area (Å²) in [5, 5.41) is 2.72. The molecule has 0 saturated heterocycles. The van der Waals surface area contributed by atoms with Crippen molar-refractivity contribution in [3.63, 3.8) is 0 Å². The van der Waals surface area contributed by atoms with Gasteiger partial charge in [0.15, 0.2) is 9.84 Å². The van der Waals surface area contributed by atoms with Crippen LogP contribution in [0.15, 0.2) is 47.4 Å². The number of rotatable bonds is 8. The van der Waals surface area contributed by atoms with Crippen molar-refractivity contribution < 1.29 is 17.9 Å².